The summed E-state index contributed by atoms with van der Waals surface area (Å²) in [6.45, 7) is 0.164. The van der Waals surface area contributed by atoms with Gasteiger partial charge in [-0.3, -0.25) is 9.59 Å². The lowest BCUT2D eigenvalue weighted by atomic mass is 10.2. The third-order valence-electron chi connectivity index (χ3n) is 2.64. The van der Waals surface area contributed by atoms with Crippen molar-refractivity contribution in [3.8, 4) is 0 Å². The molecule has 0 bridgehead atoms. The van der Waals surface area contributed by atoms with E-state index in [0.29, 0.717) is 5.02 Å². The topological polar surface area (TPSA) is 43.4 Å². The fraction of sp³-hybridized carbons (Fsp3) is 0.385. The highest BCUT2D eigenvalue weighted by molar-refractivity contribution is 6.30. The number of benzene rings is 1. The highest BCUT2D eigenvalue weighted by Gasteiger charge is 2.30. The monoisotopic (exact) mass is 252 g/mol. The molecule has 17 heavy (non-hydrogen) atoms. The summed E-state index contributed by atoms with van der Waals surface area (Å²) in [7, 11) is 0. The average molecular weight is 253 g/mol. The van der Waals surface area contributed by atoms with Gasteiger partial charge in [0.15, 0.2) is 0 Å². The summed E-state index contributed by atoms with van der Waals surface area (Å²) in [5.74, 6) is -0.350. The maximum Gasteiger partial charge on any atom is 0.313 e. The fourth-order valence-corrected chi connectivity index (χ4v) is 1.75. The van der Waals surface area contributed by atoms with Crippen molar-refractivity contribution in [2.45, 2.75) is 25.9 Å². The van der Waals surface area contributed by atoms with Crippen molar-refractivity contribution in [2.24, 2.45) is 5.92 Å². The molecule has 0 heterocycles. The van der Waals surface area contributed by atoms with Crippen LogP contribution in [-0.2, 0) is 20.9 Å². The molecule has 90 valence electrons. The molecule has 0 saturated heterocycles. The maximum absolute atomic E-state index is 11.4. The molecule has 4 heteroatoms. The lowest BCUT2D eigenvalue weighted by molar-refractivity contribution is -0.147. The van der Waals surface area contributed by atoms with E-state index in [1.54, 1.807) is 18.2 Å². The fourth-order valence-electron chi connectivity index (χ4n) is 1.53. The minimum Gasteiger partial charge on any atom is -0.460 e. The molecule has 0 radical (unpaired) electrons. The van der Waals surface area contributed by atoms with Crippen molar-refractivity contribution in [1.29, 1.82) is 0 Å². The number of ketones is 1. The molecule has 1 aliphatic carbocycles. The number of ether oxygens (including phenoxy) is 1. The van der Waals surface area contributed by atoms with Crippen molar-refractivity contribution in [3.63, 3.8) is 0 Å². The molecule has 3 nitrogen and oxygen atoms in total. The van der Waals surface area contributed by atoms with E-state index in [9.17, 15) is 9.59 Å². The predicted octanol–water partition coefficient (Wildman–Crippen LogP) is 2.75. The predicted molar refractivity (Wildman–Crippen MR) is 63.6 cm³/mol. The molecule has 1 aromatic rings. The third-order valence-corrected chi connectivity index (χ3v) is 2.88. The van der Waals surface area contributed by atoms with E-state index in [4.69, 9.17) is 16.3 Å². The summed E-state index contributed by atoms with van der Waals surface area (Å²) in [6, 6.07) is 7.10. The molecule has 0 aliphatic heterocycles. The number of carbonyl (C=O) groups is 2. The molecule has 0 spiro atoms. The Morgan fingerprint density at radius 3 is 2.76 bits per heavy atom. The molecule has 0 atom stereocenters. The molecule has 2 rings (SSSR count). The van der Waals surface area contributed by atoms with Crippen LogP contribution in [0, 0.1) is 5.92 Å². The number of halogens is 1. The summed E-state index contributed by atoms with van der Waals surface area (Å²) in [5.41, 5.74) is 0.824. The summed E-state index contributed by atoms with van der Waals surface area (Å²) in [6.07, 6.45) is 1.73. The number of rotatable bonds is 5. The highest BCUT2D eigenvalue weighted by Crippen LogP contribution is 2.30. The van der Waals surface area contributed by atoms with Crippen LogP contribution in [0.25, 0.3) is 0 Å². The first kappa shape index (κ1) is 12.1. The van der Waals surface area contributed by atoms with Crippen LogP contribution in [0.2, 0.25) is 5.02 Å². The molecular formula is C13H13ClO3. The Hall–Kier alpha value is -1.35. The molecule has 0 N–H and O–H groups in total. The number of esters is 1. The smallest absolute Gasteiger partial charge is 0.313 e. The SMILES string of the molecule is O=C(CC(=O)C1CC1)OCc1cccc(Cl)c1. The van der Waals surface area contributed by atoms with Crippen LogP contribution >= 0.6 is 11.6 Å². The summed E-state index contributed by atoms with van der Waals surface area (Å²) in [5, 5.41) is 0.604. The molecule has 0 unspecified atom stereocenters. The van der Waals surface area contributed by atoms with Gasteiger partial charge in [0.25, 0.3) is 0 Å². The van der Waals surface area contributed by atoms with Crippen LogP contribution in [-0.4, -0.2) is 11.8 Å². The number of Topliss-reactive ketones (excluding diaryl/α,β-unsaturated/α-hetero) is 1. The van der Waals surface area contributed by atoms with Crippen molar-refractivity contribution < 1.29 is 14.3 Å². The zero-order chi connectivity index (χ0) is 12.3. The Morgan fingerprint density at radius 2 is 2.12 bits per heavy atom. The van der Waals surface area contributed by atoms with Gasteiger partial charge in [0.05, 0.1) is 0 Å². The normalized spacial score (nSPS) is 14.4. The second kappa shape index (κ2) is 5.32. The zero-order valence-electron chi connectivity index (χ0n) is 9.32. The van der Waals surface area contributed by atoms with E-state index in [2.05, 4.69) is 0 Å². The Labute approximate surface area is 105 Å². The molecule has 1 aliphatic rings. The third kappa shape index (κ3) is 3.86. The summed E-state index contributed by atoms with van der Waals surface area (Å²) in [4.78, 5) is 22.7. The van der Waals surface area contributed by atoms with Gasteiger partial charge in [-0.25, -0.2) is 0 Å². The Kier molecular flexibility index (Phi) is 3.79. The van der Waals surface area contributed by atoms with Gasteiger partial charge in [-0.05, 0) is 30.5 Å². The van der Waals surface area contributed by atoms with Gasteiger partial charge in [0.2, 0.25) is 0 Å². The first-order chi connectivity index (χ1) is 8.15. The van der Waals surface area contributed by atoms with Crippen LogP contribution in [0.1, 0.15) is 24.8 Å². The van der Waals surface area contributed by atoms with Crippen molar-refractivity contribution in [3.05, 3.63) is 34.9 Å². The first-order valence-electron chi connectivity index (χ1n) is 5.58. The van der Waals surface area contributed by atoms with Crippen molar-refractivity contribution >= 4 is 23.4 Å². The molecule has 0 aromatic heterocycles. The second-order valence-electron chi connectivity index (χ2n) is 4.21. The van der Waals surface area contributed by atoms with Gasteiger partial charge < -0.3 is 4.74 Å². The van der Waals surface area contributed by atoms with Gasteiger partial charge >= 0.3 is 5.97 Å². The standard InChI is InChI=1S/C13H13ClO3/c14-11-3-1-2-9(6-11)8-17-13(16)7-12(15)10-4-5-10/h1-3,6,10H,4-5,7-8H2. The average Bonchev–Trinajstić information content (AvgIpc) is 3.10. The van der Waals surface area contributed by atoms with Crippen molar-refractivity contribution in [1.82, 2.24) is 0 Å². The van der Waals surface area contributed by atoms with Crippen LogP contribution in [0.15, 0.2) is 24.3 Å². The summed E-state index contributed by atoms with van der Waals surface area (Å²) >= 11 is 5.80. The Balaban J connectivity index is 1.77. The molecule has 1 fully saturated rings. The quantitative estimate of drug-likeness (QED) is 0.598. The Bertz CT molecular complexity index is 438. The van der Waals surface area contributed by atoms with E-state index in [1.807, 2.05) is 6.07 Å². The lowest BCUT2D eigenvalue weighted by Gasteiger charge is -2.04. The van der Waals surface area contributed by atoms with E-state index in [0.717, 1.165) is 18.4 Å². The molecular weight excluding hydrogens is 240 g/mol. The molecule has 1 saturated carbocycles. The lowest BCUT2D eigenvalue weighted by Crippen LogP contribution is -2.12. The van der Waals surface area contributed by atoms with Crippen LogP contribution in [0.4, 0.5) is 0 Å². The zero-order valence-corrected chi connectivity index (χ0v) is 10.1. The van der Waals surface area contributed by atoms with Gasteiger partial charge in [0.1, 0.15) is 18.8 Å². The maximum atomic E-state index is 11.4. The highest BCUT2D eigenvalue weighted by atomic mass is 35.5. The molecule has 0 amide bonds. The van der Waals surface area contributed by atoms with Gasteiger partial charge in [-0.2, -0.15) is 0 Å². The van der Waals surface area contributed by atoms with Crippen LogP contribution in [0.3, 0.4) is 0 Å². The van der Waals surface area contributed by atoms with E-state index in [1.165, 1.54) is 0 Å². The van der Waals surface area contributed by atoms with E-state index in [-0.39, 0.29) is 24.7 Å². The van der Waals surface area contributed by atoms with Gasteiger partial charge in [-0.15, -0.1) is 0 Å². The van der Waals surface area contributed by atoms with Crippen LogP contribution in [0.5, 0.6) is 0 Å². The van der Waals surface area contributed by atoms with E-state index < -0.39 is 5.97 Å². The minimum atomic E-state index is -0.457. The van der Waals surface area contributed by atoms with Gasteiger partial charge in [-0.1, -0.05) is 23.7 Å². The van der Waals surface area contributed by atoms with Crippen LogP contribution < -0.4 is 0 Å². The second-order valence-corrected chi connectivity index (χ2v) is 4.64. The number of hydrogen-bond donors (Lipinski definition) is 0. The van der Waals surface area contributed by atoms with E-state index >= 15 is 0 Å². The minimum absolute atomic E-state index is 0.00101. The summed E-state index contributed by atoms with van der Waals surface area (Å²) < 4.78 is 5.01. The molecule has 1 aromatic carbocycles. The largest absolute Gasteiger partial charge is 0.460 e. The number of carbonyl (C=O) groups excluding carboxylic acids is 2. The Morgan fingerprint density at radius 1 is 1.35 bits per heavy atom. The first-order valence-corrected chi connectivity index (χ1v) is 5.96. The van der Waals surface area contributed by atoms with Gasteiger partial charge in [0, 0.05) is 10.9 Å². The number of hydrogen-bond acceptors (Lipinski definition) is 3. The van der Waals surface area contributed by atoms with Crippen molar-refractivity contribution in [2.75, 3.05) is 0 Å².